The molecule has 12 nitrogen and oxygen atoms in total. The lowest BCUT2D eigenvalue weighted by Crippen LogP contribution is -2.42. The second-order valence-corrected chi connectivity index (χ2v) is 7.68. The van der Waals surface area contributed by atoms with Crippen molar-refractivity contribution in [1.82, 2.24) is 9.97 Å². The lowest BCUT2D eigenvalue weighted by Gasteiger charge is -2.22. The van der Waals surface area contributed by atoms with Crippen LogP contribution in [0, 0.1) is 24.0 Å². The monoisotopic (exact) mass is 500 g/mol. The molecule has 0 aliphatic carbocycles. The van der Waals surface area contributed by atoms with Gasteiger partial charge in [-0.25, -0.2) is 4.79 Å². The van der Waals surface area contributed by atoms with Crippen LogP contribution in [-0.2, 0) is 41.6 Å². The number of hydrogen-bond donors (Lipinski definition) is 0. The van der Waals surface area contributed by atoms with E-state index in [1.54, 1.807) is 33.0 Å². The number of carbonyl (C=O) groups is 3. The van der Waals surface area contributed by atoms with Gasteiger partial charge in [-0.05, 0) is 38.5 Å². The molecule has 0 bridgehead atoms. The third-order valence-electron chi connectivity index (χ3n) is 5.07. The van der Waals surface area contributed by atoms with E-state index in [1.165, 1.54) is 18.0 Å². The van der Waals surface area contributed by atoms with Crippen LogP contribution < -0.4 is 4.90 Å². The lowest BCUT2D eigenvalue weighted by atomic mass is 10.1. The number of aromatic nitrogens is 2. The zero-order chi connectivity index (χ0) is 27.4. The fourth-order valence-corrected chi connectivity index (χ4v) is 3.53. The van der Waals surface area contributed by atoms with Gasteiger partial charge in [-0.15, -0.1) is 0 Å². The highest BCUT2D eigenvalue weighted by Crippen LogP contribution is 2.32. The zero-order valence-electron chi connectivity index (χ0n) is 20.8. The van der Waals surface area contributed by atoms with Gasteiger partial charge in [-0.2, -0.15) is 9.59 Å². The zero-order valence-corrected chi connectivity index (χ0v) is 20.8. The van der Waals surface area contributed by atoms with E-state index >= 15 is 0 Å². The van der Waals surface area contributed by atoms with Crippen molar-refractivity contribution in [2.24, 2.45) is 0 Å². The van der Waals surface area contributed by atoms with Gasteiger partial charge in [0.05, 0.1) is 23.4 Å². The lowest BCUT2D eigenvalue weighted by molar-refractivity contribution is -0.385. The smallest absolute Gasteiger partial charge is 0.373 e. The number of ether oxygens (including phenoxy) is 1. The molecule has 2 aromatic rings. The highest BCUT2D eigenvalue weighted by molar-refractivity contribution is 6.01. The van der Waals surface area contributed by atoms with Crippen molar-refractivity contribution in [3.05, 3.63) is 57.2 Å². The Balaban J connectivity index is 0.000000329. The van der Waals surface area contributed by atoms with E-state index in [0.29, 0.717) is 36.4 Å². The summed E-state index contributed by atoms with van der Waals surface area (Å²) < 4.78 is 5.01. The van der Waals surface area contributed by atoms with Crippen LogP contribution in [0.1, 0.15) is 49.7 Å². The number of Topliss-reactive ketones (excluding diaryl/α,β-unsaturated/α-hetero) is 1. The molecule has 36 heavy (non-hydrogen) atoms. The first-order valence-electron chi connectivity index (χ1n) is 11.0. The van der Waals surface area contributed by atoms with Crippen LogP contribution >= 0.6 is 0 Å². The maximum Gasteiger partial charge on any atom is 0.373 e. The number of ketones is 1. The van der Waals surface area contributed by atoms with Gasteiger partial charge in [0.15, 0.2) is 0 Å². The SMILES string of the molecule is CCC(=O)Cc1cc(C)ncc1[N+](=O)[O-].CCOC(=O)C1Cc2cc(C)ncc2N1C(C)=O.O=C=O. The maximum atomic E-state index is 11.9. The van der Waals surface area contributed by atoms with Gasteiger partial charge in [0, 0.05) is 43.1 Å². The predicted molar refractivity (Wildman–Crippen MR) is 126 cm³/mol. The minimum absolute atomic E-state index is 0.0105. The molecule has 1 unspecified atom stereocenters. The van der Waals surface area contributed by atoms with Crippen molar-refractivity contribution in [3.63, 3.8) is 0 Å². The molecule has 3 heterocycles. The van der Waals surface area contributed by atoms with Crippen molar-refractivity contribution in [1.29, 1.82) is 0 Å². The first-order valence-corrected chi connectivity index (χ1v) is 11.0. The largest absolute Gasteiger partial charge is 0.464 e. The van der Waals surface area contributed by atoms with E-state index < -0.39 is 11.0 Å². The molecule has 3 rings (SSSR count). The number of nitrogens with zero attached hydrogens (tertiary/aromatic N) is 4. The van der Waals surface area contributed by atoms with Crippen LogP contribution in [0.25, 0.3) is 0 Å². The number of esters is 1. The quantitative estimate of drug-likeness (QED) is 0.326. The molecule has 0 radical (unpaired) electrons. The first kappa shape index (κ1) is 29.7. The minimum Gasteiger partial charge on any atom is -0.464 e. The van der Waals surface area contributed by atoms with Crippen LogP contribution in [0.4, 0.5) is 11.4 Å². The summed E-state index contributed by atoms with van der Waals surface area (Å²) in [4.78, 5) is 70.7. The molecule has 12 heteroatoms. The van der Waals surface area contributed by atoms with Gasteiger partial charge < -0.3 is 4.74 Å². The van der Waals surface area contributed by atoms with E-state index in [4.69, 9.17) is 14.3 Å². The Morgan fingerprint density at radius 1 is 1.14 bits per heavy atom. The van der Waals surface area contributed by atoms with Crippen molar-refractivity contribution >= 4 is 35.2 Å². The fraction of sp³-hybridized carbons (Fsp3) is 0.417. The second-order valence-electron chi connectivity index (χ2n) is 7.68. The van der Waals surface area contributed by atoms with Gasteiger partial charge in [-0.1, -0.05) is 6.92 Å². The van der Waals surface area contributed by atoms with E-state index in [9.17, 15) is 24.5 Å². The Labute approximate surface area is 207 Å². The van der Waals surface area contributed by atoms with E-state index in [2.05, 4.69) is 9.97 Å². The molecule has 1 aliphatic heterocycles. The standard InChI is InChI=1S/C13H16N2O3.C10H12N2O3.CO2/c1-4-18-13(17)11-6-10-5-8(2)14-7-12(10)15(11)9(3)16;1-3-9(13)5-8-4-7(2)11-6-10(8)12(14)15;2-1-3/h5,7,11H,4,6H2,1-3H3;4,6H,3,5H2,1-2H3;. The molecular weight excluding hydrogens is 472 g/mol. The number of hydrogen-bond acceptors (Lipinski definition) is 10. The molecule has 0 N–H and O–H groups in total. The van der Waals surface area contributed by atoms with Crippen molar-refractivity contribution in [2.75, 3.05) is 11.5 Å². The van der Waals surface area contributed by atoms with Crippen molar-refractivity contribution in [3.8, 4) is 0 Å². The van der Waals surface area contributed by atoms with Gasteiger partial charge in [0.2, 0.25) is 5.91 Å². The predicted octanol–water partition coefficient (Wildman–Crippen LogP) is 2.47. The van der Waals surface area contributed by atoms with Crippen molar-refractivity contribution in [2.45, 2.75) is 59.9 Å². The van der Waals surface area contributed by atoms with Crippen LogP contribution in [0.3, 0.4) is 0 Å². The molecule has 0 fully saturated rings. The number of nitro groups is 1. The third kappa shape index (κ3) is 8.17. The molecular formula is C24H28N4O8. The molecule has 192 valence electrons. The van der Waals surface area contributed by atoms with Crippen LogP contribution in [-0.4, -0.2) is 51.4 Å². The van der Waals surface area contributed by atoms with E-state index in [1.807, 2.05) is 13.0 Å². The highest BCUT2D eigenvalue weighted by atomic mass is 16.6. The minimum atomic E-state index is -0.555. The summed E-state index contributed by atoms with van der Waals surface area (Å²) in [6.07, 6.45) is 4.09. The molecule has 0 spiro atoms. The van der Waals surface area contributed by atoms with E-state index in [-0.39, 0.29) is 35.9 Å². The molecule has 1 atom stereocenters. The Morgan fingerprint density at radius 2 is 1.72 bits per heavy atom. The highest BCUT2D eigenvalue weighted by Gasteiger charge is 2.38. The Bertz CT molecular complexity index is 1160. The fourth-order valence-electron chi connectivity index (χ4n) is 3.53. The summed E-state index contributed by atoms with van der Waals surface area (Å²) in [6.45, 7) is 8.88. The van der Waals surface area contributed by atoms with E-state index in [0.717, 1.165) is 11.3 Å². The Hall–Kier alpha value is -4.31. The Morgan fingerprint density at radius 3 is 2.25 bits per heavy atom. The average molecular weight is 501 g/mol. The number of aryl methyl sites for hydroxylation is 2. The number of pyridine rings is 2. The number of anilines is 1. The summed E-state index contributed by atoms with van der Waals surface area (Å²) in [5, 5.41) is 10.7. The molecule has 0 saturated heterocycles. The van der Waals surface area contributed by atoms with Crippen molar-refractivity contribution < 1.29 is 33.6 Å². The summed E-state index contributed by atoms with van der Waals surface area (Å²) in [7, 11) is 0. The third-order valence-corrected chi connectivity index (χ3v) is 5.07. The molecule has 2 aromatic heterocycles. The normalized spacial score (nSPS) is 13.1. The number of fused-ring (bicyclic) bond motifs is 1. The summed E-state index contributed by atoms with van der Waals surface area (Å²) >= 11 is 0. The second kappa shape index (κ2) is 14.2. The van der Waals surface area contributed by atoms with Gasteiger partial charge >= 0.3 is 12.1 Å². The van der Waals surface area contributed by atoms with Crippen LogP contribution in [0.2, 0.25) is 0 Å². The summed E-state index contributed by atoms with van der Waals surface area (Å²) in [5.41, 5.74) is 3.60. The summed E-state index contributed by atoms with van der Waals surface area (Å²) in [6, 6.07) is 2.94. The maximum absolute atomic E-state index is 11.9. The molecule has 0 aromatic carbocycles. The molecule has 1 amide bonds. The number of rotatable bonds is 6. The van der Waals surface area contributed by atoms with Crippen LogP contribution in [0.5, 0.6) is 0 Å². The number of amides is 1. The first-order chi connectivity index (χ1) is 17.0. The average Bonchev–Trinajstić information content (AvgIpc) is 3.19. The van der Waals surface area contributed by atoms with Gasteiger partial charge in [-0.3, -0.25) is 34.6 Å². The molecule has 1 aliphatic rings. The topological polar surface area (TPSA) is 167 Å². The van der Waals surface area contributed by atoms with Gasteiger partial charge in [0.25, 0.3) is 5.69 Å². The molecule has 0 saturated carbocycles. The Kier molecular flexibility index (Phi) is 11.7. The van der Waals surface area contributed by atoms with Crippen LogP contribution in [0.15, 0.2) is 24.5 Å². The number of carbonyl (C=O) groups excluding carboxylic acids is 5. The summed E-state index contributed by atoms with van der Waals surface area (Å²) in [5.74, 6) is -0.539. The van der Waals surface area contributed by atoms with Gasteiger partial charge in [0.1, 0.15) is 18.0 Å².